The van der Waals surface area contributed by atoms with Crippen molar-refractivity contribution in [2.24, 2.45) is 0 Å². The van der Waals surface area contributed by atoms with Gasteiger partial charge in [-0.1, -0.05) is 35.9 Å². The van der Waals surface area contributed by atoms with Gasteiger partial charge in [0.05, 0.1) is 12.2 Å². The second kappa shape index (κ2) is 8.20. The van der Waals surface area contributed by atoms with Gasteiger partial charge in [-0.05, 0) is 31.5 Å². The van der Waals surface area contributed by atoms with Crippen LogP contribution in [0, 0.1) is 13.8 Å². The number of aryl methyl sites for hydroxylation is 2. The van der Waals surface area contributed by atoms with E-state index in [0.29, 0.717) is 30.4 Å². The maximum absolute atomic E-state index is 12.4. The lowest BCUT2D eigenvalue weighted by atomic mass is 10.1. The molecule has 0 aliphatic heterocycles. The number of anilines is 1. The van der Waals surface area contributed by atoms with Crippen molar-refractivity contribution in [3.05, 3.63) is 83.1 Å². The van der Waals surface area contributed by atoms with Gasteiger partial charge in [-0.15, -0.1) is 0 Å². The Bertz CT molecular complexity index is 896. The summed E-state index contributed by atoms with van der Waals surface area (Å²) in [6, 6.07) is 15.4. The van der Waals surface area contributed by atoms with Crippen LogP contribution in [0.25, 0.3) is 0 Å². The SMILES string of the molecule is Cc1cccc(CNC(=O)c2cc(NCc3ccccn3)nc(C)n2)c1. The van der Waals surface area contributed by atoms with Gasteiger partial charge in [0.25, 0.3) is 5.91 Å². The van der Waals surface area contributed by atoms with E-state index in [2.05, 4.69) is 25.6 Å². The van der Waals surface area contributed by atoms with Gasteiger partial charge in [0.2, 0.25) is 0 Å². The number of benzene rings is 1. The van der Waals surface area contributed by atoms with E-state index in [4.69, 9.17) is 0 Å². The molecule has 2 heterocycles. The summed E-state index contributed by atoms with van der Waals surface area (Å²) in [5, 5.41) is 6.09. The van der Waals surface area contributed by atoms with E-state index in [0.717, 1.165) is 16.8 Å². The minimum atomic E-state index is -0.224. The molecular weight excluding hydrogens is 326 g/mol. The highest BCUT2D eigenvalue weighted by molar-refractivity contribution is 5.92. The zero-order chi connectivity index (χ0) is 18.4. The first kappa shape index (κ1) is 17.5. The number of aromatic nitrogens is 3. The van der Waals surface area contributed by atoms with Crippen LogP contribution < -0.4 is 10.6 Å². The Morgan fingerprint density at radius 2 is 1.88 bits per heavy atom. The number of nitrogens with one attached hydrogen (secondary N) is 2. The number of pyridine rings is 1. The molecule has 0 fully saturated rings. The number of amides is 1. The van der Waals surface area contributed by atoms with Crippen molar-refractivity contribution in [3.8, 4) is 0 Å². The Hall–Kier alpha value is -3.28. The summed E-state index contributed by atoms with van der Waals surface area (Å²) in [5.41, 5.74) is 3.45. The van der Waals surface area contributed by atoms with Crippen LogP contribution in [0.1, 0.15) is 33.1 Å². The minimum Gasteiger partial charge on any atom is -0.364 e. The molecule has 6 nitrogen and oxygen atoms in total. The first-order valence-electron chi connectivity index (χ1n) is 8.43. The van der Waals surface area contributed by atoms with E-state index in [1.54, 1.807) is 19.2 Å². The standard InChI is InChI=1S/C20H21N5O/c1-14-6-5-7-16(10-14)12-23-20(26)18-11-19(25-15(2)24-18)22-13-17-8-3-4-9-21-17/h3-11H,12-13H2,1-2H3,(H,23,26)(H,22,24,25). The molecule has 0 spiro atoms. The third kappa shape index (κ3) is 4.86. The Kier molecular flexibility index (Phi) is 5.53. The van der Waals surface area contributed by atoms with Gasteiger partial charge in [-0.25, -0.2) is 9.97 Å². The predicted octanol–water partition coefficient (Wildman–Crippen LogP) is 3.03. The highest BCUT2D eigenvalue weighted by Gasteiger charge is 2.10. The number of rotatable bonds is 6. The van der Waals surface area contributed by atoms with Gasteiger partial charge in [0.15, 0.2) is 0 Å². The first-order valence-corrected chi connectivity index (χ1v) is 8.43. The third-order valence-corrected chi connectivity index (χ3v) is 3.78. The molecule has 132 valence electrons. The summed E-state index contributed by atoms with van der Waals surface area (Å²) in [5.74, 6) is 0.915. The fourth-order valence-electron chi connectivity index (χ4n) is 2.55. The molecule has 0 unspecified atom stereocenters. The molecule has 0 saturated carbocycles. The molecular formula is C20H21N5O. The van der Waals surface area contributed by atoms with Crippen LogP contribution in [0.2, 0.25) is 0 Å². The summed E-state index contributed by atoms with van der Waals surface area (Å²) in [6.45, 7) is 4.78. The highest BCUT2D eigenvalue weighted by Crippen LogP contribution is 2.09. The summed E-state index contributed by atoms with van der Waals surface area (Å²) >= 11 is 0. The van der Waals surface area contributed by atoms with Gasteiger partial charge >= 0.3 is 0 Å². The van der Waals surface area contributed by atoms with Crippen molar-refractivity contribution in [1.29, 1.82) is 0 Å². The Morgan fingerprint density at radius 3 is 2.65 bits per heavy atom. The number of nitrogens with zero attached hydrogens (tertiary/aromatic N) is 3. The van der Waals surface area contributed by atoms with E-state index in [9.17, 15) is 4.79 Å². The van der Waals surface area contributed by atoms with Crippen LogP contribution in [-0.2, 0) is 13.1 Å². The molecule has 2 N–H and O–H groups in total. The van der Waals surface area contributed by atoms with Crippen LogP contribution in [-0.4, -0.2) is 20.9 Å². The molecule has 3 rings (SSSR count). The van der Waals surface area contributed by atoms with E-state index >= 15 is 0 Å². The highest BCUT2D eigenvalue weighted by atomic mass is 16.1. The van der Waals surface area contributed by atoms with Gasteiger partial charge < -0.3 is 10.6 Å². The predicted molar refractivity (Wildman–Crippen MR) is 101 cm³/mol. The van der Waals surface area contributed by atoms with Crippen molar-refractivity contribution in [2.75, 3.05) is 5.32 Å². The summed E-state index contributed by atoms with van der Waals surface area (Å²) in [7, 11) is 0. The lowest BCUT2D eigenvalue weighted by Gasteiger charge is -2.09. The Morgan fingerprint density at radius 1 is 1.00 bits per heavy atom. The third-order valence-electron chi connectivity index (χ3n) is 3.78. The van der Waals surface area contributed by atoms with E-state index in [1.165, 1.54) is 0 Å². The summed E-state index contributed by atoms with van der Waals surface area (Å²) in [6.07, 6.45) is 1.74. The van der Waals surface area contributed by atoms with Crippen molar-refractivity contribution >= 4 is 11.7 Å². The zero-order valence-corrected chi connectivity index (χ0v) is 14.9. The average molecular weight is 347 g/mol. The Balaban J connectivity index is 1.65. The van der Waals surface area contributed by atoms with E-state index < -0.39 is 0 Å². The van der Waals surface area contributed by atoms with Crippen LogP contribution >= 0.6 is 0 Å². The molecule has 0 atom stereocenters. The maximum Gasteiger partial charge on any atom is 0.270 e. The smallest absolute Gasteiger partial charge is 0.270 e. The normalized spacial score (nSPS) is 10.4. The fourth-order valence-corrected chi connectivity index (χ4v) is 2.55. The minimum absolute atomic E-state index is 0.224. The van der Waals surface area contributed by atoms with Crippen LogP contribution in [0.5, 0.6) is 0 Å². The first-order chi connectivity index (χ1) is 12.6. The lowest BCUT2D eigenvalue weighted by molar-refractivity contribution is 0.0945. The van der Waals surface area contributed by atoms with Crippen molar-refractivity contribution in [2.45, 2.75) is 26.9 Å². The monoisotopic (exact) mass is 347 g/mol. The molecule has 0 aliphatic carbocycles. The molecule has 0 bridgehead atoms. The van der Waals surface area contributed by atoms with Crippen LogP contribution in [0.3, 0.4) is 0 Å². The largest absolute Gasteiger partial charge is 0.364 e. The number of carbonyl (C=O) groups is 1. The molecule has 0 saturated heterocycles. The molecule has 1 aromatic carbocycles. The van der Waals surface area contributed by atoms with Crippen LogP contribution in [0.15, 0.2) is 54.7 Å². The molecule has 1 amide bonds. The molecule has 3 aromatic rings. The molecule has 0 aliphatic rings. The summed E-state index contributed by atoms with van der Waals surface area (Å²) < 4.78 is 0. The number of carbonyl (C=O) groups excluding carboxylic acids is 1. The topological polar surface area (TPSA) is 79.8 Å². The zero-order valence-electron chi connectivity index (χ0n) is 14.9. The van der Waals surface area contributed by atoms with E-state index in [-0.39, 0.29) is 5.91 Å². The quantitative estimate of drug-likeness (QED) is 0.716. The number of hydrogen-bond acceptors (Lipinski definition) is 5. The van der Waals surface area contributed by atoms with Gasteiger partial charge in [0.1, 0.15) is 17.3 Å². The molecule has 6 heteroatoms. The summed E-state index contributed by atoms with van der Waals surface area (Å²) in [4.78, 5) is 25.3. The fraction of sp³-hybridized carbons (Fsp3) is 0.200. The van der Waals surface area contributed by atoms with E-state index in [1.807, 2.05) is 49.4 Å². The van der Waals surface area contributed by atoms with Crippen molar-refractivity contribution in [1.82, 2.24) is 20.3 Å². The van der Waals surface area contributed by atoms with Gasteiger partial charge in [-0.3, -0.25) is 9.78 Å². The van der Waals surface area contributed by atoms with Crippen molar-refractivity contribution < 1.29 is 4.79 Å². The van der Waals surface area contributed by atoms with Crippen LogP contribution in [0.4, 0.5) is 5.82 Å². The average Bonchev–Trinajstić information content (AvgIpc) is 2.65. The Labute approximate surface area is 152 Å². The second-order valence-corrected chi connectivity index (χ2v) is 6.03. The van der Waals surface area contributed by atoms with Gasteiger partial charge in [-0.2, -0.15) is 0 Å². The lowest BCUT2D eigenvalue weighted by Crippen LogP contribution is -2.24. The van der Waals surface area contributed by atoms with Crippen molar-refractivity contribution in [3.63, 3.8) is 0 Å². The van der Waals surface area contributed by atoms with Gasteiger partial charge in [0, 0.05) is 18.8 Å². The number of hydrogen-bond donors (Lipinski definition) is 2. The second-order valence-electron chi connectivity index (χ2n) is 6.03. The molecule has 0 radical (unpaired) electrons. The maximum atomic E-state index is 12.4. The molecule has 2 aromatic heterocycles. The molecule has 26 heavy (non-hydrogen) atoms.